The molecule has 3 unspecified atom stereocenters. The smallest absolute Gasteiger partial charge is 0.274 e. The number of amides is 8. The van der Waals surface area contributed by atoms with Gasteiger partial charge in [0.15, 0.2) is 51.6 Å². The Morgan fingerprint density at radius 1 is 0.379 bits per heavy atom. The van der Waals surface area contributed by atoms with Crippen LogP contribution >= 0.6 is 0 Å². The molecule has 7 aromatic carbocycles. The molecule has 0 aliphatic carbocycles. The van der Waals surface area contributed by atoms with Crippen LogP contribution in [0.2, 0.25) is 0 Å². The molecule has 7 N–H and O–H groups in total. The van der Waals surface area contributed by atoms with E-state index in [9.17, 15) is 112 Å². The number of ether oxygens (including phenoxy) is 3. The monoisotopic (exact) mass is 2010 g/mol. The second-order valence-corrected chi connectivity index (χ2v) is 34.7. The quantitative estimate of drug-likeness (QED) is 0.0329. The molecule has 4 fully saturated rings. The van der Waals surface area contributed by atoms with Crippen molar-refractivity contribution < 1.29 is 118 Å². The van der Waals surface area contributed by atoms with Gasteiger partial charge in [-0.1, -0.05) is 129 Å². The Hall–Kier alpha value is -15.8. The van der Waals surface area contributed by atoms with Crippen molar-refractivity contribution in [3.63, 3.8) is 0 Å². The van der Waals surface area contributed by atoms with Crippen molar-refractivity contribution in [1.82, 2.24) is 59.1 Å². The number of pyridine rings is 4. The van der Waals surface area contributed by atoms with E-state index in [2.05, 4.69) is 21.3 Å². The van der Waals surface area contributed by atoms with E-state index in [0.717, 1.165) is 64.9 Å². The van der Waals surface area contributed by atoms with E-state index >= 15 is 4.39 Å². The average molecular weight is 2010 g/mol. The summed E-state index contributed by atoms with van der Waals surface area (Å²) in [6, 6.07) is 35.7. The number of nitrogens with one attached hydrogen (secondary N) is 4. The minimum atomic E-state index is -1.33. The number of alkyl halides is 2. The predicted molar refractivity (Wildman–Crippen MR) is 504 cm³/mol. The molecule has 4 aromatic heterocycles. The number of hydrogen-bond donors (Lipinski definition) is 7. The van der Waals surface area contributed by atoms with Gasteiger partial charge >= 0.3 is 0 Å². The fourth-order valence-electron chi connectivity index (χ4n) is 18.0. The Morgan fingerprint density at radius 3 is 1.01 bits per heavy atom. The molecule has 0 radical (unpaired) electrons. The van der Waals surface area contributed by atoms with Crippen LogP contribution in [-0.2, 0) is 50.8 Å². The zero-order chi connectivity index (χ0) is 105. The van der Waals surface area contributed by atoms with Gasteiger partial charge in [0, 0.05) is 165 Å². The van der Waals surface area contributed by atoms with Crippen molar-refractivity contribution >= 4 is 53.0 Å². The summed E-state index contributed by atoms with van der Waals surface area (Å²) in [7, 11) is 1.00. The molecule has 8 amide bonds. The number of hydrogen-bond acceptors (Lipinski definition) is 19. The van der Waals surface area contributed by atoms with Crippen LogP contribution in [0.4, 0.5) is 43.9 Å². The summed E-state index contributed by atoms with van der Waals surface area (Å²) in [5.41, 5.74) is -3.30. The predicted octanol–water partition coefficient (Wildman–Crippen LogP) is 12.1. The van der Waals surface area contributed by atoms with E-state index in [-0.39, 0.29) is 176 Å². The molecular weight excluding hydrogens is 1910 g/mol. The average Bonchev–Trinajstić information content (AvgIpc) is 1.18. The van der Waals surface area contributed by atoms with Gasteiger partial charge in [-0.2, -0.15) is 0 Å². The maximum Gasteiger partial charge on any atom is 0.274 e. The van der Waals surface area contributed by atoms with E-state index < -0.39 is 169 Å². The molecule has 41 heteroatoms. The highest BCUT2D eigenvalue weighted by Crippen LogP contribution is 2.39. The van der Waals surface area contributed by atoms with Crippen LogP contribution in [0.5, 0.6) is 23.0 Å². The summed E-state index contributed by atoms with van der Waals surface area (Å²) in [6.07, 6.45) is 4.42. The van der Waals surface area contributed by atoms with E-state index in [4.69, 9.17) is 20.7 Å². The molecule has 12 heterocycles. The molecule has 8 aliphatic heterocycles. The highest BCUT2D eigenvalue weighted by atomic mass is 19.2. The molecule has 0 spiro atoms. The maximum absolute atomic E-state index is 15.1. The molecular formula is C104H100F10N12O19. The Morgan fingerprint density at radius 2 is 0.662 bits per heavy atom. The molecule has 8 bridgehead atoms. The number of halogens is 10. The van der Waals surface area contributed by atoms with Crippen LogP contribution in [0.3, 0.4) is 0 Å². The lowest BCUT2D eigenvalue weighted by atomic mass is 10.0. The summed E-state index contributed by atoms with van der Waals surface area (Å²) in [5, 5.41) is 37.9. The highest BCUT2D eigenvalue weighted by Gasteiger charge is 2.46. The molecule has 0 saturated carbocycles. The van der Waals surface area contributed by atoms with E-state index in [1.54, 1.807) is 84.6 Å². The Labute approximate surface area is 822 Å². The van der Waals surface area contributed by atoms with E-state index in [1.807, 2.05) is 18.2 Å². The molecule has 760 valence electrons. The van der Waals surface area contributed by atoms with Crippen molar-refractivity contribution in [3.05, 3.63) is 360 Å². The second-order valence-electron chi connectivity index (χ2n) is 34.7. The van der Waals surface area contributed by atoms with Gasteiger partial charge in [0.2, 0.25) is 21.7 Å². The lowest BCUT2D eigenvalue weighted by Crippen LogP contribution is -2.47. The normalized spacial score (nSPS) is 18.2. The van der Waals surface area contributed by atoms with E-state index in [0.29, 0.717) is 89.4 Å². The van der Waals surface area contributed by atoms with Crippen LogP contribution in [0, 0.1) is 46.5 Å². The van der Waals surface area contributed by atoms with Crippen molar-refractivity contribution in [2.24, 2.45) is 0 Å². The van der Waals surface area contributed by atoms with Crippen molar-refractivity contribution in [2.75, 3.05) is 59.5 Å². The number of aromatic nitrogens is 4. The Bertz CT molecular complexity index is 6830. The van der Waals surface area contributed by atoms with Gasteiger partial charge in [-0.15, -0.1) is 0 Å². The molecule has 11 aromatic rings. The van der Waals surface area contributed by atoms with Crippen LogP contribution in [-0.4, -0.2) is 184 Å². The maximum atomic E-state index is 15.1. The molecule has 4 saturated heterocycles. The molecule has 7 atom stereocenters. The highest BCUT2D eigenvalue weighted by molar-refractivity contribution is 6.03. The number of carbonyl (C=O) groups is 9. The number of carbonyl (C=O) groups excluding carboxylic acids is 9. The topological polar surface area (TPSA) is 391 Å². The van der Waals surface area contributed by atoms with Gasteiger partial charge in [0.1, 0.15) is 107 Å². The number of ketones is 1. The van der Waals surface area contributed by atoms with Gasteiger partial charge < -0.3 is 88.7 Å². The first-order chi connectivity index (χ1) is 70.2. The lowest BCUT2D eigenvalue weighted by molar-refractivity contribution is -0.122. The van der Waals surface area contributed by atoms with E-state index in [1.165, 1.54) is 65.2 Å². The van der Waals surface area contributed by atoms with Gasteiger partial charge in [0.25, 0.3) is 47.3 Å². The summed E-state index contributed by atoms with van der Waals surface area (Å²) >= 11 is 0. The summed E-state index contributed by atoms with van der Waals surface area (Å²) in [5.74, 6) is -13.8. The standard InChI is InChI=1S/C27H24F3N3O4.C27H25F2N3O5.C27H23F2N3O5.C20H18F3N3O4.C2H6.CH4O/c28-18-9-8-17(21(30)11-18)12-31-26(35)19-13-33-22-14-32(10-4-7-20(22)29)27(36)23(33)25(24(19)34)37-15-16-5-2-1-3-6-16;2*28-18-9-8-17(20(29)11-18)12-30-26(35)19-13-32-21-14-31(10-4-7-22(21)33)27(36)23(32)25(24(19)34)37-15-16-5-2-1-3-6-16;21-11-4-3-10(14(23)6-11)7-24-19(29)12-8-26-15-9-25(5-1-2-13(15)22)20(30)16(26)18(28)17(12)27;2*1-2/h1-3,5-6,8-9,11,13,20,22H,4,7,10,12,14-15H2,(H,31,35);1-3,5-6,8-9,11,13,21-22,33H,4,7,10,12,14-15H2,(H,30,35);1-3,5-6,8-9,11,13,21H,4,7,10,12,14-15H2,(H,30,35);3-4,6,8,13,15,28H,1-2,5,7,9H2,(H,24,29);1-2H3;2H,1H3/t20?,22-;21-,22?;21-;13?,15-;;/m1111../s1/i;;;;1D;. The van der Waals surface area contributed by atoms with Gasteiger partial charge in [0.05, 0.1) is 24.2 Å². The van der Waals surface area contributed by atoms with Gasteiger partial charge in [-0.05, 0) is 85.9 Å². The summed E-state index contributed by atoms with van der Waals surface area (Å²) in [6.45, 7) is 2.96. The van der Waals surface area contributed by atoms with Crippen molar-refractivity contribution in [2.45, 2.75) is 154 Å². The van der Waals surface area contributed by atoms with Gasteiger partial charge in [-0.3, -0.25) is 62.3 Å². The van der Waals surface area contributed by atoms with Crippen LogP contribution in [0.15, 0.2) is 208 Å². The van der Waals surface area contributed by atoms with Gasteiger partial charge in [-0.25, -0.2) is 43.9 Å². The zero-order valence-electron chi connectivity index (χ0n) is 79.1. The third-order valence-corrected chi connectivity index (χ3v) is 25.5. The number of benzene rings is 7. The number of Topliss-reactive ketones (excluding diaryl/α,β-unsaturated/α-hetero) is 1. The third-order valence-electron chi connectivity index (χ3n) is 25.5. The molecule has 31 nitrogen and oxygen atoms in total. The SMILES string of the molecule is CO.O=C(NCc1ccc(F)cc1F)c1cn2c(c(O)c1=O)C(=O)N1CCCC(F)[C@H]2C1.O=C(NCc1ccc(F)cc1F)c1cn2c(c(OCc3ccccc3)c1=O)C(=O)N1CCCC(=O)[C@H]2C1.O=C(NCc1ccc(F)cc1F)c1cn2c(c(OCc3ccccc3)c1=O)C(=O)N1CCCC(F)[C@H]2C1.O=C(NCc1ccc(F)cc1F)c1cn2c(c(OCc3ccccc3)c1=O)C(=O)N1CCCC(O)[C@H]2C1.[2H]CC. The number of nitrogens with zero attached hydrogens (tertiary/aromatic N) is 8. The van der Waals surface area contributed by atoms with Crippen LogP contribution in [0.1, 0.15) is 213 Å². The number of aliphatic hydroxyl groups excluding tert-OH is 2. The molecule has 19 rings (SSSR count). The minimum Gasteiger partial charge on any atom is -0.503 e. The first-order valence-electron chi connectivity index (χ1n) is 47.0. The minimum absolute atomic E-state index is 0.00885. The van der Waals surface area contributed by atoms with Crippen molar-refractivity contribution in [3.8, 4) is 23.0 Å². The molecule has 8 aliphatic rings. The number of fused-ring (bicyclic) bond motifs is 16. The fraction of sp³-hybridized carbons (Fsp3) is 0.317. The Balaban J connectivity index is 0.000000152. The third kappa shape index (κ3) is 23.4. The molecule has 145 heavy (non-hydrogen) atoms. The zero-order valence-corrected chi connectivity index (χ0v) is 78.1. The Kier molecular flexibility index (Phi) is 33.5. The fourth-order valence-corrected chi connectivity index (χ4v) is 18.0. The first kappa shape index (κ1) is 104. The largest absolute Gasteiger partial charge is 0.503 e. The van der Waals surface area contributed by atoms with Crippen LogP contribution < -0.4 is 57.2 Å². The number of aliphatic hydroxyl groups is 2. The second kappa shape index (κ2) is 46.9. The lowest BCUT2D eigenvalue weighted by Gasteiger charge is -2.36. The first-order valence-corrected chi connectivity index (χ1v) is 46.3. The number of aromatic hydroxyl groups is 1. The summed E-state index contributed by atoms with van der Waals surface area (Å²) < 4.78 is 167. The van der Waals surface area contributed by atoms with Crippen molar-refractivity contribution in [1.29, 1.82) is 0 Å². The number of rotatable bonds is 21. The van der Waals surface area contributed by atoms with Crippen LogP contribution in [0.25, 0.3) is 0 Å². The summed E-state index contributed by atoms with van der Waals surface area (Å²) in [4.78, 5) is 176.